The number of hydrogen-bond donors (Lipinski definition) is 2. The van der Waals surface area contributed by atoms with E-state index in [0.717, 1.165) is 35.4 Å². The number of nitrogens with two attached hydrogens (primary N) is 1. The minimum absolute atomic E-state index is 0.564. The molecule has 0 bridgehead atoms. The zero-order valence-corrected chi connectivity index (χ0v) is 11.4. The quantitative estimate of drug-likeness (QED) is 0.845. The van der Waals surface area contributed by atoms with Crippen LogP contribution in [0.2, 0.25) is 0 Å². The molecule has 3 nitrogen and oxygen atoms in total. The fraction of sp³-hybridized carbons (Fsp3) is 0.500. The van der Waals surface area contributed by atoms with E-state index in [4.69, 9.17) is 10.5 Å². The average Bonchev–Trinajstić information content (AvgIpc) is 2.27. The number of methoxy groups -OCH3 is 1. The van der Waals surface area contributed by atoms with Crippen LogP contribution in [0, 0.1) is 5.92 Å². The van der Waals surface area contributed by atoms with Gasteiger partial charge in [-0.05, 0) is 37.1 Å². The molecule has 0 aromatic heterocycles. The van der Waals surface area contributed by atoms with Gasteiger partial charge in [-0.25, -0.2) is 0 Å². The van der Waals surface area contributed by atoms with Gasteiger partial charge in [-0.2, -0.15) is 0 Å². The zero-order chi connectivity index (χ0) is 12.0. The maximum absolute atomic E-state index is 5.52. The summed E-state index contributed by atoms with van der Waals surface area (Å²) in [5.41, 5.74) is 6.53. The first-order valence-corrected chi connectivity index (χ1v) is 6.24. The van der Waals surface area contributed by atoms with Crippen molar-refractivity contribution in [3.8, 4) is 5.75 Å². The second-order valence-corrected chi connectivity index (χ2v) is 4.82. The predicted molar refractivity (Wildman–Crippen MR) is 72.0 cm³/mol. The first-order valence-electron chi connectivity index (χ1n) is 5.45. The summed E-state index contributed by atoms with van der Waals surface area (Å²) in [5.74, 6) is 1.43. The fourth-order valence-corrected chi connectivity index (χ4v) is 1.85. The Morgan fingerprint density at radius 2 is 2.25 bits per heavy atom. The van der Waals surface area contributed by atoms with Crippen LogP contribution in [0.15, 0.2) is 22.7 Å². The molecule has 0 saturated carbocycles. The molecular formula is C12H19BrN2O. The molecule has 1 rings (SSSR count). The lowest BCUT2D eigenvalue weighted by Crippen LogP contribution is -2.15. The molecule has 1 unspecified atom stereocenters. The van der Waals surface area contributed by atoms with E-state index in [2.05, 4.69) is 28.2 Å². The number of nitrogens with one attached hydrogen (secondary N) is 1. The molecule has 90 valence electrons. The lowest BCUT2D eigenvalue weighted by molar-refractivity contribution is 0.416. The molecule has 0 spiro atoms. The largest absolute Gasteiger partial charge is 0.495 e. The van der Waals surface area contributed by atoms with E-state index in [1.165, 1.54) is 0 Å². The van der Waals surface area contributed by atoms with Gasteiger partial charge in [0.2, 0.25) is 0 Å². The van der Waals surface area contributed by atoms with Crippen LogP contribution >= 0.6 is 15.9 Å². The van der Waals surface area contributed by atoms with E-state index < -0.39 is 0 Å². The predicted octanol–water partition coefficient (Wildman–Crippen LogP) is 2.85. The maximum atomic E-state index is 5.52. The maximum Gasteiger partial charge on any atom is 0.142 e. The van der Waals surface area contributed by atoms with Crippen LogP contribution in [0.4, 0.5) is 5.69 Å². The number of anilines is 1. The van der Waals surface area contributed by atoms with E-state index in [9.17, 15) is 0 Å². The van der Waals surface area contributed by atoms with E-state index >= 15 is 0 Å². The van der Waals surface area contributed by atoms with Gasteiger partial charge in [0.25, 0.3) is 0 Å². The van der Waals surface area contributed by atoms with Crippen LogP contribution in [-0.4, -0.2) is 20.2 Å². The first-order chi connectivity index (χ1) is 7.67. The number of hydrogen-bond acceptors (Lipinski definition) is 3. The minimum atomic E-state index is 0.564. The minimum Gasteiger partial charge on any atom is -0.495 e. The molecule has 0 aliphatic heterocycles. The Kier molecular flexibility index (Phi) is 5.63. The number of rotatable bonds is 6. The molecule has 1 aromatic rings. The molecule has 1 atom stereocenters. The molecule has 0 aliphatic carbocycles. The molecule has 16 heavy (non-hydrogen) atoms. The second kappa shape index (κ2) is 6.76. The molecule has 0 amide bonds. The number of ether oxygens (including phenoxy) is 1. The topological polar surface area (TPSA) is 47.3 Å². The fourth-order valence-electron chi connectivity index (χ4n) is 1.49. The van der Waals surface area contributed by atoms with Crippen LogP contribution in [0.5, 0.6) is 5.75 Å². The van der Waals surface area contributed by atoms with Gasteiger partial charge in [-0.3, -0.25) is 0 Å². The van der Waals surface area contributed by atoms with Crippen molar-refractivity contribution in [3.05, 3.63) is 22.7 Å². The molecule has 3 N–H and O–H groups in total. The molecule has 0 aliphatic rings. The lowest BCUT2D eigenvalue weighted by atomic mass is 10.1. The van der Waals surface area contributed by atoms with Crippen molar-refractivity contribution in [2.75, 3.05) is 25.5 Å². The smallest absolute Gasteiger partial charge is 0.142 e. The van der Waals surface area contributed by atoms with E-state index in [-0.39, 0.29) is 0 Å². The molecule has 0 radical (unpaired) electrons. The number of halogens is 1. The van der Waals surface area contributed by atoms with Crippen molar-refractivity contribution in [3.63, 3.8) is 0 Å². The van der Waals surface area contributed by atoms with Crippen LogP contribution < -0.4 is 15.8 Å². The van der Waals surface area contributed by atoms with Gasteiger partial charge in [-0.1, -0.05) is 22.9 Å². The first kappa shape index (κ1) is 13.3. The summed E-state index contributed by atoms with van der Waals surface area (Å²) in [5, 5.41) is 3.38. The second-order valence-electron chi connectivity index (χ2n) is 3.91. The van der Waals surface area contributed by atoms with Crippen molar-refractivity contribution >= 4 is 21.6 Å². The van der Waals surface area contributed by atoms with Crippen molar-refractivity contribution in [1.29, 1.82) is 0 Å². The van der Waals surface area contributed by atoms with Gasteiger partial charge < -0.3 is 15.8 Å². The SMILES string of the molecule is COc1ccc(Br)cc1NCC(C)CCN. The van der Waals surface area contributed by atoms with Gasteiger partial charge in [0.05, 0.1) is 12.8 Å². The molecule has 4 heteroatoms. The highest BCUT2D eigenvalue weighted by Crippen LogP contribution is 2.28. The number of benzene rings is 1. The van der Waals surface area contributed by atoms with Crippen LogP contribution in [0.1, 0.15) is 13.3 Å². The summed E-state index contributed by atoms with van der Waals surface area (Å²) in [6.07, 6.45) is 1.03. The Morgan fingerprint density at radius 1 is 1.50 bits per heavy atom. The summed E-state index contributed by atoms with van der Waals surface area (Å²) < 4.78 is 6.33. The molecule has 1 aromatic carbocycles. The third-order valence-corrected chi connectivity index (χ3v) is 2.96. The van der Waals surface area contributed by atoms with Crippen molar-refractivity contribution in [1.82, 2.24) is 0 Å². The van der Waals surface area contributed by atoms with Crippen LogP contribution in [-0.2, 0) is 0 Å². The van der Waals surface area contributed by atoms with Crippen LogP contribution in [0.3, 0.4) is 0 Å². The summed E-state index contributed by atoms with van der Waals surface area (Å²) in [4.78, 5) is 0. The standard InChI is InChI=1S/C12H19BrN2O/c1-9(5-6-14)8-15-11-7-10(13)3-4-12(11)16-2/h3-4,7,9,15H,5-6,8,14H2,1-2H3. The van der Waals surface area contributed by atoms with Gasteiger partial charge in [-0.15, -0.1) is 0 Å². The Labute approximate surface area is 105 Å². The highest BCUT2D eigenvalue weighted by Gasteiger charge is 2.05. The summed E-state index contributed by atoms with van der Waals surface area (Å²) >= 11 is 3.45. The van der Waals surface area contributed by atoms with Crippen molar-refractivity contribution in [2.45, 2.75) is 13.3 Å². The summed E-state index contributed by atoms with van der Waals surface area (Å²) in [6.45, 7) is 3.83. The Morgan fingerprint density at radius 3 is 2.88 bits per heavy atom. The van der Waals surface area contributed by atoms with Crippen molar-refractivity contribution < 1.29 is 4.74 Å². The molecule has 0 fully saturated rings. The zero-order valence-electron chi connectivity index (χ0n) is 9.79. The van der Waals surface area contributed by atoms with Crippen LogP contribution in [0.25, 0.3) is 0 Å². The van der Waals surface area contributed by atoms with Crippen molar-refractivity contribution in [2.24, 2.45) is 11.7 Å². The Hall–Kier alpha value is -0.740. The molecular weight excluding hydrogens is 268 g/mol. The average molecular weight is 287 g/mol. The normalized spacial score (nSPS) is 12.2. The highest BCUT2D eigenvalue weighted by atomic mass is 79.9. The van der Waals surface area contributed by atoms with Gasteiger partial charge in [0.15, 0.2) is 0 Å². The van der Waals surface area contributed by atoms with Gasteiger partial charge >= 0.3 is 0 Å². The van der Waals surface area contributed by atoms with E-state index in [1.54, 1.807) is 7.11 Å². The monoisotopic (exact) mass is 286 g/mol. The lowest BCUT2D eigenvalue weighted by Gasteiger charge is -2.15. The highest BCUT2D eigenvalue weighted by molar-refractivity contribution is 9.10. The Balaban J connectivity index is 2.61. The third-order valence-electron chi connectivity index (χ3n) is 2.46. The van der Waals surface area contributed by atoms with E-state index in [1.807, 2.05) is 18.2 Å². The molecule has 0 saturated heterocycles. The van der Waals surface area contributed by atoms with Gasteiger partial charge in [0, 0.05) is 11.0 Å². The Bertz CT molecular complexity index is 331. The summed E-state index contributed by atoms with van der Waals surface area (Å²) in [6, 6.07) is 5.93. The molecule has 0 heterocycles. The third kappa shape index (κ3) is 4.02. The van der Waals surface area contributed by atoms with Gasteiger partial charge in [0.1, 0.15) is 5.75 Å². The summed E-state index contributed by atoms with van der Waals surface area (Å²) in [7, 11) is 1.68. The van der Waals surface area contributed by atoms with E-state index in [0.29, 0.717) is 5.92 Å².